The summed E-state index contributed by atoms with van der Waals surface area (Å²) in [5, 5.41) is 4.89. The lowest BCUT2D eigenvalue weighted by atomic mass is 9.88. The Labute approximate surface area is 200 Å². The van der Waals surface area contributed by atoms with Gasteiger partial charge in [0.25, 0.3) is 11.8 Å². The number of hydrogen-bond acceptors (Lipinski definition) is 4. The number of thiophene rings is 1. The molecule has 1 aliphatic rings. The van der Waals surface area contributed by atoms with Crippen LogP contribution in [0.1, 0.15) is 44.5 Å². The molecule has 3 N–H and O–H groups in total. The maximum atomic E-state index is 13.5. The minimum atomic E-state index is -0.501. The number of amides is 2. The highest BCUT2D eigenvalue weighted by Crippen LogP contribution is 2.40. The molecule has 4 aromatic rings. The second-order valence-corrected chi connectivity index (χ2v) is 9.99. The molecule has 0 spiro atoms. The van der Waals surface area contributed by atoms with Crippen molar-refractivity contribution in [3.63, 3.8) is 0 Å². The molecule has 0 radical (unpaired) electrons. The minimum absolute atomic E-state index is 0.294. The maximum Gasteiger partial charge on any atom is 0.257 e. The van der Waals surface area contributed by atoms with Crippen LogP contribution in [0.15, 0.2) is 54.6 Å². The first kappa shape index (κ1) is 21.6. The second-order valence-electron chi connectivity index (χ2n) is 8.45. The largest absolute Gasteiger partial charge is 0.365 e. The summed E-state index contributed by atoms with van der Waals surface area (Å²) in [6.45, 7) is 2.20. The monoisotopic (exact) mass is 475 g/mol. The molecule has 1 unspecified atom stereocenters. The first-order valence-electron chi connectivity index (χ1n) is 10.8. The van der Waals surface area contributed by atoms with Gasteiger partial charge in [0.15, 0.2) is 0 Å². The number of rotatable bonds is 4. The molecular formula is C26H22ClN3O2S. The van der Waals surface area contributed by atoms with Gasteiger partial charge in [0.1, 0.15) is 5.00 Å². The zero-order valence-corrected chi connectivity index (χ0v) is 19.6. The number of benzene rings is 2. The number of pyridine rings is 1. The van der Waals surface area contributed by atoms with Gasteiger partial charge in [-0.1, -0.05) is 48.9 Å². The van der Waals surface area contributed by atoms with E-state index in [1.807, 2.05) is 36.4 Å². The third-order valence-electron chi connectivity index (χ3n) is 6.09. The van der Waals surface area contributed by atoms with E-state index in [-0.39, 0.29) is 5.91 Å². The molecule has 1 atom stereocenters. The molecule has 166 valence electrons. The molecule has 0 saturated heterocycles. The van der Waals surface area contributed by atoms with Gasteiger partial charge in [-0.2, -0.15) is 0 Å². The van der Waals surface area contributed by atoms with Crippen LogP contribution in [0.25, 0.3) is 22.2 Å². The van der Waals surface area contributed by atoms with E-state index in [0.29, 0.717) is 38.3 Å². The average Bonchev–Trinajstić information content (AvgIpc) is 3.15. The lowest BCUT2D eigenvalue weighted by Crippen LogP contribution is -2.19. The molecule has 2 heterocycles. The number of anilines is 1. The first-order valence-corrected chi connectivity index (χ1v) is 12.0. The number of fused-ring (bicyclic) bond motifs is 2. The van der Waals surface area contributed by atoms with Crippen molar-refractivity contribution in [2.75, 3.05) is 5.32 Å². The van der Waals surface area contributed by atoms with Gasteiger partial charge < -0.3 is 11.1 Å². The molecular weight excluding hydrogens is 454 g/mol. The number of para-hydroxylation sites is 1. The van der Waals surface area contributed by atoms with E-state index in [1.54, 1.807) is 18.2 Å². The molecule has 2 aromatic heterocycles. The fraction of sp³-hybridized carbons (Fsp3) is 0.192. The summed E-state index contributed by atoms with van der Waals surface area (Å²) >= 11 is 7.50. The van der Waals surface area contributed by atoms with Crippen LogP contribution in [0.5, 0.6) is 0 Å². The van der Waals surface area contributed by atoms with Gasteiger partial charge in [-0.05, 0) is 55.0 Å². The molecule has 5 nitrogen and oxygen atoms in total. The maximum absolute atomic E-state index is 13.5. The van der Waals surface area contributed by atoms with E-state index in [9.17, 15) is 9.59 Å². The van der Waals surface area contributed by atoms with Gasteiger partial charge in [-0.3, -0.25) is 9.59 Å². The van der Waals surface area contributed by atoms with Crippen molar-refractivity contribution in [2.45, 2.75) is 26.2 Å². The Morgan fingerprint density at radius 1 is 1.15 bits per heavy atom. The summed E-state index contributed by atoms with van der Waals surface area (Å²) in [6.07, 6.45) is 2.71. The number of primary amides is 1. The van der Waals surface area contributed by atoms with Gasteiger partial charge in [-0.25, -0.2) is 4.98 Å². The Morgan fingerprint density at radius 3 is 2.67 bits per heavy atom. The van der Waals surface area contributed by atoms with Gasteiger partial charge in [0.05, 0.1) is 22.3 Å². The van der Waals surface area contributed by atoms with Gasteiger partial charge in [-0.15, -0.1) is 11.3 Å². The van der Waals surface area contributed by atoms with E-state index in [0.717, 1.165) is 40.7 Å². The van der Waals surface area contributed by atoms with Crippen LogP contribution in [0.4, 0.5) is 5.00 Å². The molecule has 0 saturated carbocycles. The zero-order valence-electron chi connectivity index (χ0n) is 18.0. The van der Waals surface area contributed by atoms with Crippen LogP contribution in [-0.2, 0) is 12.8 Å². The average molecular weight is 476 g/mol. The van der Waals surface area contributed by atoms with Crippen molar-refractivity contribution in [1.29, 1.82) is 0 Å². The Kier molecular flexibility index (Phi) is 5.64. The number of hydrogen-bond donors (Lipinski definition) is 2. The number of halogens is 1. The van der Waals surface area contributed by atoms with Crippen LogP contribution in [0, 0.1) is 5.92 Å². The molecule has 33 heavy (non-hydrogen) atoms. The van der Waals surface area contributed by atoms with E-state index >= 15 is 0 Å². The quantitative estimate of drug-likeness (QED) is 0.374. The Bertz CT molecular complexity index is 1390. The SMILES string of the molecule is CC1CCc2c(sc(NC(=O)c3cc(-c4ccc(Cl)cc4)nc4ccccc34)c2C(N)=O)C1. The number of aromatic nitrogens is 1. The van der Waals surface area contributed by atoms with E-state index in [1.165, 1.54) is 11.3 Å². The summed E-state index contributed by atoms with van der Waals surface area (Å²) in [6, 6.07) is 16.6. The fourth-order valence-corrected chi connectivity index (χ4v) is 5.94. The van der Waals surface area contributed by atoms with Crippen molar-refractivity contribution in [3.05, 3.63) is 81.2 Å². The molecule has 2 amide bonds. The minimum Gasteiger partial charge on any atom is -0.365 e. The standard InChI is InChI=1S/C26H22ClN3O2S/c1-14-6-11-18-22(12-14)33-26(23(18)24(28)31)30-25(32)19-13-21(15-7-9-16(27)10-8-15)29-20-5-3-2-4-17(19)20/h2-5,7-10,13-14H,6,11-12H2,1H3,(H2,28,31)(H,30,32). The molecule has 0 bridgehead atoms. The van der Waals surface area contributed by atoms with Gasteiger partial charge >= 0.3 is 0 Å². The zero-order chi connectivity index (χ0) is 23.1. The van der Waals surface area contributed by atoms with Gasteiger partial charge in [0, 0.05) is 20.8 Å². The lowest BCUT2D eigenvalue weighted by molar-refractivity contribution is 0.1000. The summed E-state index contributed by atoms with van der Waals surface area (Å²) in [5.41, 5.74) is 9.90. The lowest BCUT2D eigenvalue weighted by Gasteiger charge is -2.18. The topological polar surface area (TPSA) is 85.1 Å². The van der Waals surface area contributed by atoms with Crippen LogP contribution >= 0.6 is 22.9 Å². The Morgan fingerprint density at radius 2 is 1.91 bits per heavy atom. The molecule has 1 aliphatic carbocycles. The highest BCUT2D eigenvalue weighted by Gasteiger charge is 2.27. The summed E-state index contributed by atoms with van der Waals surface area (Å²) in [7, 11) is 0. The number of nitrogens with two attached hydrogens (primary N) is 1. The summed E-state index contributed by atoms with van der Waals surface area (Å²) in [4.78, 5) is 31.7. The Balaban J connectivity index is 1.58. The second kappa shape index (κ2) is 8.61. The van der Waals surface area contributed by atoms with Gasteiger partial charge in [0.2, 0.25) is 0 Å². The summed E-state index contributed by atoms with van der Waals surface area (Å²) < 4.78 is 0. The first-order chi connectivity index (χ1) is 15.9. The van der Waals surface area contributed by atoms with Crippen molar-refractivity contribution in [1.82, 2.24) is 4.98 Å². The summed E-state index contributed by atoms with van der Waals surface area (Å²) in [5.74, 6) is -0.247. The van der Waals surface area contributed by atoms with Crippen LogP contribution in [0.2, 0.25) is 5.02 Å². The number of nitrogens with one attached hydrogen (secondary N) is 1. The van der Waals surface area contributed by atoms with Crippen molar-refractivity contribution >= 4 is 50.7 Å². The predicted molar refractivity (Wildman–Crippen MR) is 134 cm³/mol. The third kappa shape index (κ3) is 4.12. The molecule has 2 aromatic carbocycles. The number of carbonyl (C=O) groups excluding carboxylic acids is 2. The predicted octanol–water partition coefficient (Wildman–Crippen LogP) is 6.09. The van der Waals surface area contributed by atoms with Crippen molar-refractivity contribution in [3.8, 4) is 11.3 Å². The number of nitrogens with zero attached hydrogens (tertiary/aromatic N) is 1. The highest BCUT2D eigenvalue weighted by molar-refractivity contribution is 7.17. The molecule has 0 aliphatic heterocycles. The fourth-order valence-electron chi connectivity index (χ4n) is 4.40. The number of carbonyl (C=O) groups is 2. The van der Waals surface area contributed by atoms with E-state index < -0.39 is 5.91 Å². The normalized spacial score (nSPS) is 15.3. The van der Waals surface area contributed by atoms with E-state index in [4.69, 9.17) is 22.3 Å². The molecule has 5 rings (SSSR count). The Hall–Kier alpha value is -3.22. The van der Waals surface area contributed by atoms with Crippen LogP contribution in [0.3, 0.4) is 0 Å². The highest BCUT2D eigenvalue weighted by atomic mass is 35.5. The smallest absolute Gasteiger partial charge is 0.257 e. The molecule has 0 fully saturated rings. The van der Waals surface area contributed by atoms with E-state index in [2.05, 4.69) is 12.2 Å². The third-order valence-corrected chi connectivity index (χ3v) is 7.51. The van der Waals surface area contributed by atoms with Crippen LogP contribution < -0.4 is 11.1 Å². The van der Waals surface area contributed by atoms with Crippen molar-refractivity contribution < 1.29 is 9.59 Å². The molecule has 7 heteroatoms. The van der Waals surface area contributed by atoms with Crippen molar-refractivity contribution in [2.24, 2.45) is 11.7 Å². The van der Waals surface area contributed by atoms with Crippen LogP contribution in [-0.4, -0.2) is 16.8 Å².